The fraction of sp³-hybridized carbons (Fsp3) is 0.429. The molecule has 0 saturated heterocycles. The molecule has 0 N–H and O–H groups in total. The first-order valence-corrected chi connectivity index (χ1v) is 6.64. The maximum Gasteiger partial charge on any atom is 0.330 e. The molecule has 2 heterocycles. The van der Waals surface area contributed by atoms with Crippen LogP contribution < -0.4 is 22.5 Å². The second-order valence-corrected chi connectivity index (χ2v) is 5.36. The van der Waals surface area contributed by atoms with Gasteiger partial charge in [0.15, 0.2) is 0 Å². The zero-order valence-electron chi connectivity index (χ0n) is 13.4. The van der Waals surface area contributed by atoms with E-state index in [-0.39, 0.29) is 11.4 Å². The topological polar surface area (TPSA) is 88.0 Å². The zero-order valence-corrected chi connectivity index (χ0v) is 13.4. The summed E-state index contributed by atoms with van der Waals surface area (Å²) in [4.78, 5) is 48.6. The van der Waals surface area contributed by atoms with Crippen LogP contribution in [0.2, 0.25) is 0 Å². The van der Waals surface area contributed by atoms with Crippen LogP contribution in [0.1, 0.15) is 11.1 Å². The van der Waals surface area contributed by atoms with Gasteiger partial charge < -0.3 is 0 Å². The lowest BCUT2D eigenvalue weighted by molar-refractivity contribution is 0.655. The van der Waals surface area contributed by atoms with Gasteiger partial charge in [0.05, 0.1) is 11.4 Å². The van der Waals surface area contributed by atoms with Gasteiger partial charge in [0.2, 0.25) is 0 Å². The summed E-state index contributed by atoms with van der Waals surface area (Å²) in [6, 6.07) is 0. The van der Waals surface area contributed by atoms with Crippen LogP contribution in [0, 0.1) is 13.8 Å². The summed E-state index contributed by atoms with van der Waals surface area (Å²) in [5.41, 5.74) is -0.773. The summed E-state index contributed by atoms with van der Waals surface area (Å²) in [5.74, 6) is 0. The summed E-state index contributed by atoms with van der Waals surface area (Å²) in [6.07, 6.45) is 0. The highest BCUT2D eigenvalue weighted by Crippen LogP contribution is 2.19. The molecule has 0 atom stereocenters. The Hall–Kier alpha value is -2.64. The van der Waals surface area contributed by atoms with Gasteiger partial charge in [0, 0.05) is 39.3 Å². The van der Waals surface area contributed by atoms with Crippen LogP contribution in [0.4, 0.5) is 0 Å². The molecule has 0 saturated carbocycles. The molecule has 0 unspecified atom stereocenters. The summed E-state index contributed by atoms with van der Waals surface area (Å²) < 4.78 is 4.54. The van der Waals surface area contributed by atoms with E-state index < -0.39 is 22.5 Å². The van der Waals surface area contributed by atoms with Crippen molar-refractivity contribution in [1.29, 1.82) is 0 Å². The molecule has 0 aromatic carbocycles. The van der Waals surface area contributed by atoms with Crippen molar-refractivity contribution in [3.63, 3.8) is 0 Å². The number of aromatic nitrogens is 4. The minimum atomic E-state index is -0.516. The second-order valence-electron chi connectivity index (χ2n) is 5.36. The normalized spacial score (nSPS) is 11.0. The van der Waals surface area contributed by atoms with Gasteiger partial charge in [-0.2, -0.15) is 0 Å². The van der Waals surface area contributed by atoms with E-state index in [9.17, 15) is 19.2 Å². The largest absolute Gasteiger partial charge is 0.330 e. The molecule has 0 fully saturated rings. The van der Waals surface area contributed by atoms with Gasteiger partial charge in [-0.25, -0.2) is 9.59 Å². The summed E-state index contributed by atoms with van der Waals surface area (Å²) in [5, 5.41) is 0. The molecule has 2 rings (SSSR count). The average molecular weight is 306 g/mol. The highest BCUT2D eigenvalue weighted by molar-refractivity contribution is 5.62. The number of hydrogen-bond donors (Lipinski definition) is 0. The highest BCUT2D eigenvalue weighted by atomic mass is 16.2. The van der Waals surface area contributed by atoms with Gasteiger partial charge in [-0.1, -0.05) is 0 Å². The van der Waals surface area contributed by atoms with Gasteiger partial charge in [-0.15, -0.1) is 0 Å². The maximum atomic E-state index is 12.2. The lowest BCUT2D eigenvalue weighted by atomic mass is 10.1. The molecule has 2 aromatic heterocycles. The van der Waals surface area contributed by atoms with Gasteiger partial charge in [0.1, 0.15) is 0 Å². The number of rotatable bonds is 1. The first-order chi connectivity index (χ1) is 10.1. The molecule has 0 bridgehead atoms. The summed E-state index contributed by atoms with van der Waals surface area (Å²) in [6.45, 7) is 3.14. The molecular weight excluding hydrogens is 288 g/mol. The predicted molar refractivity (Wildman–Crippen MR) is 82.3 cm³/mol. The van der Waals surface area contributed by atoms with E-state index in [0.717, 1.165) is 9.13 Å². The summed E-state index contributed by atoms with van der Waals surface area (Å²) >= 11 is 0. The molecule has 22 heavy (non-hydrogen) atoms. The van der Waals surface area contributed by atoms with Gasteiger partial charge in [0.25, 0.3) is 11.1 Å². The Morgan fingerprint density at radius 1 is 0.545 bits per heavy atom. The van der Waals surface area contributed by atoms with Crippen LogP contribution in [0.15, 0.2) is 19.2 Å². The van der Waals surface area contributed by atoms with Crippen LogP contribution >= 0.6 is 0 Å². The Bertz CT molecular complexity index is 860. The van der Waals surface area contributed by atoms with E-state index in [1.54, 1.807) is 13.8 Å². The van der Waals surface area contributed by atoms with Crippen LogP contribution in [-0.2, 0) is 28.2 Å². The van der Waals surface area contributed by atoms with Crippen molar-refractivity contribution < 1.29 is 0 Å². The molecule has 8 nitrogen and oxygen atoms in total. The molecule has 0 aliphatic heterocycles. The first-order valence-electron chi connectivity index (χ1n) is 6.64. The SMILES string of the molecule is Cc1c(-c2c(C)c(=O)n(C)c(=O)n2C)n(C)c(=O)n(C)c1=O. The van der Waals surface area contributed by atoms with Gasteiger partial charge in [-0.05, 0) is 13.8 Å². The first kappa shape index (κ1) is 15.7. The Morgan fingerprint density at radius 3 is 1.09 bits per heavy atom. The number of nitrogens with zero attached hydrogens (tertiary/aromatic N) is 4. The van der Waals surface area contributed by atoms with E-state index >= 15 is 0 Å². The van der Waals surface area contributed by atoms with Gasteiger partial charge >= 0.3 is 11.4 Å². The second kappa shape index (κ2) is 4.97. The molecule has 2 aromatic rings. The third kappa shape index (κ3) is 1.91. The fourth-order valence-corrected chi connectivity index (χ4v) is 2.70. The lowest BCUT2D eigenvalue weighted by Gasteiger charge is -2.18. The van der Waals surface area contributed by atoms with E-state index in [1.807, 2.05) is 0 Å². The lowest BCUT2D eigenvalue weighted by Crippen LogP contribution is -2.42. The minimum absolute atomic E-state index is 0.280. The van der Waals surface area contributed by atoms with Gasteiger partial charge in [-0.3, -0.25) is 27.9 Å². The van der Waals surface area contributed by atoms with Crippen LogP contribution in [0.3, 0.4) is 0 Å². The highest BCUT2D eigenvalue weighted by Gasteiger charge is 2.20. The van der Waals surface area contributed by atoms with Crippen molar-refractivity contribution in [1.82, 2.24) is 18.3 Å². The monoisotopic (exact) mass is 306 g/mol. The molecule has 0 aliphatic carbocycles. The van der Waals surface area contributed by atoms with Crippen LogP contribution in [0.25, 0.3) is 11.4 Å². The maximum absolute atomic E-state index is 12.2. The predicted octanol–water partition coefficient (Wildman–Crippen LogP) is -1.23. The standard InChI is InChI=1S/C14H18N4O4/c1-7-9(15(3)13(21)17(5)11(7)19)10-8(2)12(20)18(6)14(22)16(10)4/h1-6H3. The molecule has 0 aliphatic rings. The van der Waals surface area contributed by atoms with E-state index in [4.69, 9.17) is 0 Å². The average Bonchev–Trinajstić information content (AvgIpc) is 2.50. The van der Waals surface area contributed by atoms with Crippen molar-refractivity contribution in [2.24, 2.45) is 28.2 Å². The molecule has 0 radical (unpaired) electrons. The fourth-order valence-electron chi connectivity index (χ4n) is 2.70. The molecule has 8 heteroatoms. The smallest absolute Gasteiger partial charge is 0.294 e. The van der Waals surface area contributed by atoms with Crippen LogP contribution in [-0.4, -0.2) is 18.3 Å². The number of hydrogen-bond acceptors (Lipinski definition) is 4. The van der Waals surface area contributed by atoms with Crippen molar-refractivity contribution >= 4 is 0 Å². The Balaban J connectivity index is 3.17. The Labute approximate surface area is 125 Å². The Morgan fingerprint density at radius 2 is 0.818 bits per heavy atom. The third-order valence-electron chi connectivity index (χ3n) is 4.00. The quantitative estimate of drug-likeness (QED) is 0.659. The molecule has 0 amide bonds. The zero-order chi connectivity index (χ0) is 16.9. The molecule has 118 valence electrons. The van der Waals surface area contributed by atoms with E-state index in [1.165, 1.54) is 37.3 Å². The van der Waals surface area contributed by atoms with Crippen molar-refractivity contribution in [2.75, 3.05) is 0 Å². The van der Waals surface area contributed by atoms with E-state index in [0.29, 0.717) is 11.1 Å². The minimum Gasteiger partial charge on any atom is -0.294 e. The third-order valence-corrected chi connectivity index (χ3v) is 4.00. The molecular formula is C14H18N4O4. The van der Waals surface area contributed by atoms with Crippen molar-refractivity contribution in [3.8, 4) is 11.4 Å². The van der Waals surface area contributed by atoms with E-state index in [2.05, 4.69) is 0 Å². The van der Waals surface area contributed by atoms with Crippen molar-refractivity contribution in [2.45, 2.75) is 13.8 Å². The van der Waals surface area contributed by atoms with Crippen molar-refractivity contribution in [3.05, 3.63) is 52.8 Å². The Kier molecular flexibility index (Phi) is 3.56. The molecule has 0 spiro atoms. The summed E-state index contributed by atoms with van der Waals surface area (Å²) in [7, 11) is 5.78. The van der Waals surface area contributed by atoms with Crippen LogP contribution in [0.5, 0.6) is 0 Å².